The largest absolute Gasteiger partial charge is 0.478 e. The van der Waals surface area contributed by atoms with Crippen molar-refractivity contribution in [3.05, 3.63) is 61.8 Å². The number of aromatic nitrogens is 3. The van der Waals surface area contributed by atoms with Crippen molar-refractivity contribution in [2.45, 2.75) is 32.2 Å². The number of aromatic carboxylic acids is 1. The molecule has 0 radical (unpaired) electrons. The van der Waals surface area contributed by atoms with Gasteiger partial charge in [0.1, 0.15) is 28.3 Å². The van der Waals surface area contributed by atoms with Crippen molar-refractivity contribution in [2.75, 3.05) is 5.32 Å². The lowest BCUT2D eigenvalue weighted by molar-refractivity contribution is -0.116. The van der Waals surface area contributed by atoms with Crippen molar-refractivity contribution in [3.8, 4) is 17.5 Å². The van der Waals surface area contributed by atoms with Crippen LogP contribution in [0, 0.1) is 11.3 Å². The number of amides is 1. The van der Waals surface area contributed by atoms with Crippen molar-refractivity contribution in [2.24, 2.45) is 0 Å². The highest BCUT2D eigenvalue weighted by molar-refractivity contribution is 7.17. The van der Waals surface area contributed by atoms with E-state index < -0.39 is 17.4 Å². The van der Waals surface area contributed by atoms with E-state index in [4.69, 9.17) is 0 Å². The maximum Gasteiger partial charge on any atom is 0.337 e. The number of carbonyl (C=O) groups excluding carboxylic acids is 1. The average Bonchev–Trinajstić information content (AvgIpc) is 3.42. The highest BCUT2D eigenvalue weighted by atomic mass is 32.1. The van der Waals surface area contributed by atoms with Gasteiger partial charge in [-0.1, -0.05) is 0 Å². The van der Waals surface area contributed by atoms with Crippen LogP contribution in [0.3, 0.4) is 0 Å². The number of hydrogen-bond donors (Lipinski definition) is 2. The number of rotatable bonds is 5. The minimum absolute atomic E-state index is 0.0348. The molecule has 0 unspecified atom stereocenters. The number of nitrogens with zero attached hydrogens (tertiary/aromatic N) is 4. The van der Waals surface area contributed by atoms with Gasteiger partial charge in [-0.15, -0.1) is 22.7 Å². The molecule has 1 aliphatic rings. The quantitative estimate of drug-likeness (QED) is 0.434. The Bertz CT molecular complexity index is 1550. The van der Waals surface area contributed by atoms with Crippen LogP contribution < -0.4 is 10.9 Å². The van der Waals surface area contributed by atoms with Crippen LogP contribution in [0.15, 0.2) is 34.7 Å². The first kappa shape index (κ1) is 21.9. The van der Waals surface area contributed by atoms with E-state index >= 15 is 0 Å². The van der Waals surface area contributed by atoms with Crippen LogP contribution in [0.1, 0.15) is 39.2 Å². The summed E-state index contributed by atoms with van der Waals surface area (Å²) in [5.74, 6) is -1.50. The first-order valence-corrected chi connectivity index (χ1v) is 12.2. The van der Waals surface area contributed by atoms with Crippen molar-refractivity contribution in [1.29, 1.82) is 5.26 Å². The molecule has 170 valence electrons. The van der Waals surface area contributed by atoms with E-state index in [1.165, 1.54) is 21.3 Å². The number of pyridine rings is 1. The molecule has 5 rings (SSSR count). The van der Waals surface area contributed by atoms with Gasteiger partial charge in [0.15, 0.2) is 0 Å². The monoisotopic (exact) mass is 491 g/mol. The van der Waals surface area contributed by atoms with Gasteiger partial charge in [0.05, 0.1) is 16.5 Å². The number of nitriles is 1. The topological polar surface area (TPSA) is 138 Å². The summed E-state index contributed by atoms with van der Waals surface area (Å²) in [6.07, 6.45) is 6.84. The summed E-state index contributed by atoms with van der Waals surface area (Å²) >= 11 is 2.46. The minimum atomic E-state index is -1.24. The fraction of sp³-hybridized carbons (Fsp3) is 0.217. The van der Waals surface area contributed by atoms with Crippen LogP contribution in [0.5, 0.6) is 0 Å². The van der Waals surface area contributed by atoms with Crippen molar-refractivity contribution < 1.29 is 14.7 Å². The smallest absolute Gasteiger partial charge is 0.337 e. The molecule has 34 heavy (non-hydrogen) atoms. The predicted octanol–water partition coefficient (Wildman–Crippen LogP) is 3.67. The summed E-state index contributed by atoms with van der Waals surface area (Å²) in [4.78, 5) is 48.0. The molecule has 0 saturated heterocycles. The fourth-order valence-electron chi connectivity index (χ4n) is 4.13. The summed E-state index contributed by atoms with van der Waals surface area (Å²) in [5.41, 5.74) is 1.28. The Labute approximate surface area is 201 Å². The molecular weight excluding hydrogens is 474 g/mol. The molecule has 0 saturated carbocycles. The van der Waals surface area contributed by atoms with Gasteiger partial charge < -0.3 is 10.4 Å². The van der Waals surface area contributed by atoms with E-state index in [0.29, 0.717) is 16.1 Å². The number of aryl methyl sites for hydroxylation is 1. The molecule has 11 heteroatoms. The first-order chi connectivity index (χ1) is 16.5. The van der Waals surface area contributed by atoms with E-state index in [1.807, 2.05) is 0 Å². The normalized spacial score (nSPS) is 12.8. The molecule has 0 bridgehead atoms. The second-order valence-corrected chi connectivity index (χ2v) is 9.74. The molecule has 4 aromatic rings. The third kappa shape index (κ3) is 3.76. The number of fused-ring (bicyclic) bond motifs is 2. The molecular formula is C23H17N5O4S2. The third-order valence-corrected chi connectivity index (χ3v) is 7.78. The molecule has 2 N–H and O–H groups in total. The Hall–Kier alpha value is -3.88. The summed E-state index contributed by atoms with van der Waals surface area (Å²) < 4.78 is 1.17. The third-order valence-electron chi connectivity index (χ3n) is 5.70. The Morgan fingerprint density at radius 3 is 2.74 bits per heavy atom. The van der Waals surface area contributed by atoms with Gasteiger partial charge in [0.2, 0.25) is 5.91 Å². The van der Waals surface area contributed by atoms with Crippen LogP contribution in [-0.4, -0.2) is 31.5 Å². The predicted molar refractivity (Wildman–Crippen MR) is 128 cm³/mol. The standard InChI is InChI=1S/C23H17N5O4S2/c24-9-14-13-3-1-2-4-16(13)34-20(14)26-17(29)10-28-19(12-5-7-25-8-6-12)27-21-18(22(28)30)15(11-33-21)23(31)32/h5-8,11H,1-4,10H2,(H,26,29)(H,31,32). The maximum absolute atomic E-state index is 13.4. The number of hydrogen-bond acceptors (Lipinski definition) is 8. The van der Waals surface area contributed by atoms with Crippen LogP contribution in [0.2, 0.25) is 0 Å². The molecule has 0 fully saturated rings. The minimum Gasteiger partial charge on any atom is -0.478 e. The molecule has 1 aliphatic carbocycles. The number of thiophene rings is 2. The maximum atomic E-state index is 13.4. The number of nitrogens with one attached hydrogen (secondary N) is 1. The summed E-state index contributed by atoms with van der Waals surface area (Å²) in [6.45, 7) is -0.387. The number of anilines is 1. The molecule has 0 spiro atoms. The van der Waals surface area contributed by atoms with Gasteiger partial charge in [0.25, 0.3) is 5.56 Å². The van der Waals surface area contributed by atoms with Gasteiger partial charge in [-0.25, -0.2) is 9.78 Å². The summed E-state index contributed by atoms with van der Waals surface area (Å²) in [5, 5.41) is 23.8. The highest BCUT2D eigenvalue weighted by Crippen LogP contribution is 2.37. The fourth-order valence-corrected chi connectivity index (χ4v) is 6.29. The Balaban J connectivity index is 1.57. The number of carbonyl (C=O) groups is 2. The zero-order chi connectivity index (χ0) is 23.8. The number of carboxylic acids is 1. The van der Waals surface area contributed by atoms with Gasteiger partial charge in [-0.2, -0.15) is 5.26 Å². The molecule has 0 aliphatic heterocycles. The first-order valence-electron chi connectivity index (χ1n) is 10.5. The zero-order valence-electron chi connectivity index (χ0n) is 17.7. The highest BCUT2D eigenvalue weighted by Gasteiger charge is 2.24. The molecule has 0 aromatic carbocycles. The van der Waals surface area contributed by atoms with Crippen LogP contribution in [0.25, 0.3) is 21.6 Å². The van der Waals surface area contributed by atoms with E-state index in [2.05, 4.69) is 21.4 Å². The summed E-state index contributed by atoms with van der Waals surface area (Å²) in [6, 6.07) is 5.53. The van der Waals surface area contributed by atoms with Gasteiger partial charge >= 0.3 is 5.97 Å². The van der Waals surface area contributed by atoms with Crippen molar-refractivity contribution >= 4 is 49.8 Å². The van der Waals surface area contributed by atoms with Crippen LogP contribution in [0.4, 0.5) is 5.00 Å². The van der Waals surface area contributed by atoms with Gasteiger partial charge in [-0.05, 0) is 43.4 Å². The van der Waals surface area contributed by atoms with Gasteiger partial charge in [-0.3, -0.25) is 19.1 Å². The SMILES string of the molecule is N#Cc1c(NC(=O)Cn2c(-c3ccncc3)nc3scc(C(=O)O)c3c2=O)sc2c1CCCC2. The van der Waals surface area contributed by atoms with E-state index in [0.717, 1.165) is 47.5 Å². The molecule has 0 atom stereocenters. The van der Waals surface area contributed by atoms with E-state index in [9.17, 15) is 24.8 Å². The van der Waals surface area contributed by atoms with Crippen LogP contribution >= 0.6 is 22.7 Å². The van der Waals surface area contributed by atoms with Crippen molar-refractivity contribution in [1.82, 2.24) is 14.5 Å². The lowest BCUT2D eigenvalue weighted by atomic mass is 9.96. The van der Waals surface area contributed by atoms with Gasteiger partial charge in [0, 0.05) is 28.2 Å². The molecule has 4 heterocycles. The number of carboxylic acid groups (broad SMARTS) is 1. The molecule has 4 aromatic heterocycles. The van der Waals surface area contributed by atoms with E-state index in [-0.39, 0.29) is 28.1 Å². The Morgan fingerprint density at radius 2 is 2.00 bits per heavy atom. The Morgan fingerprint density at radius 1 is 1.24 bits per heavy atom. The molecule has 9 nitrogen and oxygen atoms in total. The van der Waals surface area contributed by atoms with Crippen LogP contribution in [-0.2, 0) is 24.2 Å². The van der Waals surface area contributed by atoms with E-state index in [1.54, 1.807) is 24.5 Å². The zero-order valence-corrected chi connectivity index (χ0v) is 19.3. The summed E-state index contributed by atoms with van der Waals surface area (Å²) in [7, 11) is 0. The molecule has 1 amide bonds. The van der Waals surface area contributed by atoms with Crippen molar-refractivity contribution in [3.63, 3.8) is 0 Å². The second kappa shape index (κ2) is 8.81. The average molecular weight is 492 g/mol. The second-order valence-electron chi connectivity index (χ2n) is 7.77. The lowest BCUT2D eigenvalue weighted by Gasteiger charge is -2.13. The Kier molecular flexibility index (Phi) is 5.69. The lowest BCUT2D eigenvalue weighted by Crippen LogP contribution is -2.30.